The van der Waals surface area contributed by atoms with Gasteiger partial charge < -0.3 is 5.32 Å². The van der Waals surface area contributed by atoms with Gasteiger partial charge in [-0.2, -0.15) is 0 Å². The van der Waals surface area contributed by atoms with E-state index in [1.807, 2.05) is 30.6 Å². The number of carbonyl (C=O) groups is 1. The molecule has 1 fully saturated rings. The monoisotopic (exact) mass is 330 g/mol. The quantitative estimate of drug-likeness (QED) is 0.915. The minimum Gasteiger partial charge on any atom is -0.352 e. The van der Waals surface area contributed by atoms with Gasteiger partial charge in [-0.05, 0) is 44.8 Å². The Morgan fingerprint density at radius 2 is 2.39 bits per heavy atom. The van der Waals surface area contributed by atoms with Gasteiger partial charge in [-0.1, -0.05) is 6.07 Å². The molecule has 122 valence electrons. The van der Waals surface area contributed by atoms with Gasteiger partial charge in [0, 0.05) is 23.2 Å². The Morgan fingerprint density at radius 1 is 1.52 bits per heavy atom. The largest absolute Gasteiger partial charge is 0.352 e. The van der Waals surface area contributed by atoms with Crippen molar-refractivity contribution in [2.45, 2.75) is 38.8 Å². The molecule has 1 unspecified atom stereocenters. The van der Waals surface area contributed by atoms with Gasteiger partial charge in [-0.3, -0.25) is 9.69 Å². The highest BCUT2D eigenvalue weighted by Crippen LogP contribution is 2.31. The van der Waals surface area contributed by atoms with Crippen LogP contribution in [-0.2, 0) is 17.8 Å². The second-order valence-electron chi connectivity index (χ2n) is 6.00. The summed E-state index contributed by atoms with van der Waals surface area (Å²) in [5.74, 6) is 0.827. The van der Waals surface area contributed by atoms with Crippen molar-refractivity contribution >= 4 is 17.2 Å². The number of aryl methyl sites for hydroxylation is 1. The lowest BCUT2D eigenvalue weighted by Crippen LogP contribution is -2.27. The molecule has 23 heavy (non-hydrogen) atoms. The maximum absolute atomic E-state index is 12.1. The summed E-state index contributed by atoms with van der Waals surface area (Å²) in [6, 6.07) is 4.29. The number of amides is 1. The maximum Gasteiger partial charge on any atom is 0.225 e. The van der Waals surface area contributed by atoms with E-state index in [-0.39, 0.29) is 5.91 Å². The van der Waals surface area contributed by atoms with Crippen molar-refractivity contribution in [2.75, 3.05) is 13.6 Å². The summed E-state index contributed by atoms with van der Waals surface area (Å²) in [5.41, 5.74) is 2.09. The molecule has 1 aliphatic rings. The SMILES string of the molecule is Cc1ncc(CNC(=O)Cc2cccs2)c(C2CCCN2C)n1. The molecule has 1 atom stereocenters. The van der Waals surface area contributed by atoms with Crippen LogP contribution in [0.15, 0.2) is 23.7 Å². The third-order valence-corrected chi connectivity index (χ3v) is 5.12. The molecule has 0 spiro atoms. The van der Waals surface area contributed by atoms with Gasteiger partial charge in [-0.15, -0.1) is 11.3 Å². The Balaban J connectivity index is 1.68. The summed E-state index contributed by atoms with van der Waals surface area (Å²) >= 11 is 1.61. The Bertz CT molecular complexity index is 671. The fraction of sp³-hybridized carbons (Fsp3) is 0.471. The van der Waals surface area contributed by atoms with Gasteiger partial charge in [0.1, 0.15) is 5.82 Å². The van der Waals surface area contributed by atoms with Crippen LogP contribution in [0.25, 0.3) is 0 Å². The lowest BCUT2D eigenvalue weighted by atomic mass is 10.1. The molecule has 0 saturated carbocycles. The van der Waals surface area contributed by atoms with Crippen molar-refractivity contribution in [3.63, 3.8) is 0 Å². The normalized spacial score (nSPS) is 18.3. The molecular weight excluding hydrogens is 308 g/mol. The van der Waals surface area contributed by atoms with Crippen LogP contribution >= 0.6 is 11.3 Å². The fourth-order valence-corrected chi connectivity index (χ4v) is 3.72. The van der Waals surface area contributed by atoms with E-state index in [0.717, 1.165) is 34.9 Å². The van der Waals surface area contributed by atoms with Crippen LogP contribution in [0.4, 0.5) is 0 Å². The summed E-state index contributed by atoms with van der Waals surface area (Å²) in [6.45, 7) is 3.50. The van der Waals surface area contributed by atoms with Crippen LogP contribution < -0.4 is 5.32 Å². The molecule has 1 saturated heterocycles. The van der Waals surface area contributed by atoms with Crippen LogP contribution in [0.3, 0.4) is 0 Å². The number of hydrogen-bond donors (Lipinski definition) is 1. The summed E-state index contributed by atoms with van der Waals surface area (Å²) < 4.78 is 0. The Kier molecular flexibility index (Phi) is 5.03. The number of aromatic nitrogens is 2. The number of carbonyl (C=O) groups excluding carboxylic acids is 1. The molecule has 5 nitrogen and oxygen atoms in total. The van der Waals surface area contributed by atoms with Crippen LogP contribution in [0, 0.1) is 6.92 Å². The molecule has 3 rings (SSSR count). The molecule has 6 heteroatoms. The first-order chi connectivity index (χ1) is 11.1. The number of likely N-dealkylation sites (tertiary alicyclic amines) is 1. The van der Waals surface area contributed by atoms with Crippen LogP contribution in [0.1, 0.15) is 40.8 Å². The second kappa shape index (κ2) is 7.19. The molecule has 2 aromatic heterocycles. The van der Waals surface area contributed by atoms with E-state index in [2.05, 4.69) is 27.2 Å². The predicted molar refractivity (Wildman–Crippen MR) is 91.2 cm³/mol. The standard InChI is InChI=1S/C17H22N4OS/c1-12-18-10-13(17(20-12)15-6-3-7-21(15)2)11-19-16(22)9-14-5-4-8-23-14/h4-5,8,10,15H,3,6-7,9,11H2,1-2H3,(H,19,22). The first kappa shape index (κ1) is 16.1. The molecule has 2 aromatic rings. The highest BCUT2D eigenvalue weighted by atomic mass is 32.1. The van der Waals surface area contributed by atoms with Gasteiger partial charge in [-0.25, -0.2) is 9.97 Å². The van der Waals surface area contributed by atoms with Gasteiger partial charge in [0.15, 0.2) is 0 Å². The smallest absolute Gasteiger partial charge is 0.225 e. The van der Waals surface area contributed by atoms with Crippen molar-refractivity contribution < 1.29 is 4.79 Å². The highest BCUT2D eigenvalue weighted by Gasteiger charge is 2.26. The molecule has 0 aromatic carbocycles. The molecule has 3 heterocycles. The molecule has 1 aliphatic heterocycles. The van der Waals surface area contributed by atoms with Crippen molar-refractivity contribution in [3.05, 3.63) is 45.7 Å². The average Bonchev–Trinajstić information content (AvgIpc) is 3.17. The first-order valence-corrected chi connectivity index (χ1v) is 8.83. The lowest BCUT2D eigenvalue weighted by molar-refractivity contribution is -0.120. The molecule has 1 amide bonds. The van der Waals surface area contributed by atoms with Gasteiger partial charge in [0.05, 0.1) is 18.2 Å². The number of hydrogen-bond acceptors (Lipinski definition) is 5. The lowest BCUT2D eigenvalue weighted by Gasteiger charge is -2.21. The van der Waals surface area contributed by atoms with E-state index in [4.69, 9.17) is 0 Å². The van der Waals surface area contributed by atoms with Crippen LogP contribution in [0.2, 0.25) is 0 Å². The fourth-order valence-electron chi connectivity index (χ4n) is 3.02. The summed E-state index contributed by atoms with van der Waals surface area (Å²) in [6.07, 6.45) is 4.59. The highest BCUT2D eigenvalue weighted by molar-refractivity contribution is 7.10. The van der Waals surface area contributed by atoms with Gasteiger partial charge >= 0.3 is 0 Å². The van der Waals surface area contributed by atoms with Crippen molar-refractivity contribution in [3.8, 4) is 0 Å². The maximum atomic E-state index is 12.1. The Hall–Kier alpha value is -1.79. The topological polar surface area (TPSA) is 58.1 Å². The zero-order chi connectivity index (χ0) is 16.2. The van der Waals surface area contributed by atoms with E-state index < -0.39 is 0 Å². The van der Waals surface area contributed by atoms with E-state index in [0.29, 0.717) is 19.0 Å². The summed E-state index contributed by atoms with van der Waals surface area (Å²) in [4.78, 5) is 24.5. The van der Waals surface area contributed by atoms with E-state index in [1.54, 1.807) is 11.3 Å². The number of nitrogens with one attached hydrogen (secondary N) is 1. The average molecular weight is 330 g/mol. The van der Waals surface area contributed by atoms with Crippen molar-refractivity contribution in [1.29, 1.82) is 0 Å². The Labute approximate surface area is 140 Å². The molecule has 0 aliphatic carbocycles. The van der Waals surface area contributed by atoms with E-state index in [1.165, 1.54) is 6.42 Å². The number of thiophene rings is 1. The number of nitrogens with zero attached hydrogens (tertiary/aromatic N) is 3. The second-order valence-corrected chi connectivity index (χ2v) is 7.03. The predicted octanol–water partition coefficient (Wildman–Crippen LogP) is 2.47. The van der Waals surface area contributed by atoms with Crippen molar-refractivity contribution in [1.82, 2.24) is 20.2 Å². The third kappa shape index (κ3) is 3.95. The van der Waals surface area contributed by atoms with Crippen molar-refractivity contribution in [2.24, 2.45) is 0 Å². The van der Waals surface area contributed by atoms with Crippen LogP contribution in [0.5, 0.6) is 0 Å². The molecule has 0 bridgehead atoms. The summed E-state index contributed by atoms with van der Waals surface area (Å²) in [7, 11) is 2.13. The first-order valence-electron chi connectivity index (χ1n) is 7.95. The van der Waals surface area contributed by atoms with Gasteiger partial charge in [0.25, 0.3) is 0 Å². The zero-order valence-corrected chi connectivity index (χ0v) is 14.4. The third-order valence-electron chi connectivity index (χ3n) is 4.25. The number of rotatable bonds is 5. The zero-order valence-electron chi connectivity index (χ0n) is 13.6. The Morgan fingerprint density at radius 3 is 3.09 bits per heavy atom. The molecule has 1 N–H and O–H groups in total. The van der Waals surface area contributed by atoms with Crippen LogP contribution in [-0.4, -0.2) is 34.4 Å². The minimum absolute atomic E-state index is 0.0405. The molecular formula is C17H22N4OS. The van der Waals surface area contributed by atoms with E-state index in [9.17, 15) is 4.79 Å². The molecule has 0 radical (unpaired) electrons. The van der Waals surface area contributed by atoms with Gasteiger partial charge in [0.2, 0.25) is 5.91 Å². The van der Waals surface area contributed by atoms with E-state index >= 15 is 0 Å². The minimum atomic E-state index is 0.0405. The summed E-state index contributed by atoms with van der Waals surface area (Å²) in [5, 5.41) is 5.00.